The molecule has 2 N–H and O–H groups in total. The molecule has 5 heteroatoms. The van der Waals surface area contributed by atoms with E-state index in [9.17, 15) is 4.79 Å². The van der Waals surface area contributed by atoms with Gasteiger partial charge < -0.3 is 10.1 Å². The van der Waals surface area contributed by atoms with Crippen LogP contribution in [0.15, 0.2) is 36.7 Å². The zero-order valence-electron chi connectivity index (χ0n) is 14.3. The van der Waals surface area contributed by atoms with Gasteiger partial charge in [-0.05, 0) is 62.6 Å². The van der Waals surface area contributed by atoms with Crippen LogP contribution in [0.3, 0.4) is 0 Å². The Hall–Kier alpha value is -2.40. The van der Waals surface area contributed by atoms with Gasteiger partial charge in [0.05, 0.1) is 0 Å². The molecular weight excluding hydrogens is 302 g/mol. The van der Waals surface area contributed by atoms with E-state index in [1.807, 2.05) is 45.2 Å². The normalized spacial score (nSPS) is 14.0. The molecule has 0 unspecified atom stereocenters. The van der Waals surface area contributed by atoms with Crippen LogP contribution < -0.4 is 10.6 Å². The average molecular weight is 325 g/mol. The number of benzene rings is 1. The molecule has 5 nitrogen and oxygen atoms in total. The second-order valence-corrected chi connectivity index (χ2v) is 6.91. The Morgan fingerprint density at radius 2 is 2.08 bits per heavy atom. The van der Waals surface area contributed by atoms with Gasteiger partial charge in [-0.1, -0.05) is 12.1 Å². The van der Waals surface area contributed by atoms with Crippen molar-refractivity contribution >= 4 is 11.8 Å². The lowest BCUT2D eigenvalue weighted by Gasteiger charge is -2.25. The van der Waals surface area contributed by atoms with Crippen LogP contribution >= 0.6 is 0 Å². The predicted molar refractivity (Wildman–Crippen MR) is 94.9 cm³/mol. The number of carbonyl (C=O) groups is 1. The Labute approximate surface area is 142 Å². The van der Waals surface area contributed by atoms with Gasteiger partial charge in [0.25, 0.3) is 0 Å². The highest BCUT2D eigenvalue weighted by molar-refractivity contribution is 5.87. The number of anilines is 1. The fourth-order valence-electron chi connectivity index (χ4n) is 2.93. The molecule has 0 bridgehead atoms. The van der Waals surface area contributed by atoms with Crippen molar-refractivity contribution in [2.24, 2.45) is 0 Å². The number of pyridine rings is 1. The molecule has 3 rings (SSSR count). The zero-order valence-corrected chi connectivity index (χ0v) is 14.3. The van der Waals surface area contributed by atoms with Crippen LogP contribution in [0.1, 0.15) is 31.9 Å². The Bertz CT molecular complexity index is 736. The first-order chi connectivity index (χ1) is 11.4. The van der Waals surface area contributed by atoms with Crippen molar-refractivity contribution in [2.75, 3.05) is 11.9 Å². The highest BCUT2D eigenvalue weighted by Crippen LogP contribution is 2.32. The van der Waals surface area contributed by atoms with Gasteiger partial charge in [-0.2, -0.15) is 0 Å². The fourth-order valence-corrected chi connectivity index (χ4v) is 2.93. The molecule has 0 aliphatic carbocycles. The van der Waals surface area contributed by atoms with Crippen molar-refractivity contribution in [2.45, 2.75) is 39.3 Å². The lowest BCUT2D eigenvalue weighted by molar-refractivity contribution is 0.0635. The van der Waals surface area contributed by atoms with Gasteiger partial charge in [0.15, 0.2) is 0 Å². The molecule has 126 valence electrons. The van der Waals surface area contributed by atoms with E-state index in [2.05, 4.69) is 21.7 Å². The third kappa shape index (κ3) is 3.74. The second kappa shape index (κ2) is 6.61. The summed E-state index contributed by atoms with van der Waals surface area (Å²) in [6.45, 7) is 7.25. The zero-order chi connectivity index (χ0) is 17.2. The Kier molecular flexibility index (Phi) is 4.53. The topological polar surface area (TPSA) is 63.2 Å². The van der Waals surface area contributed by atoms with Gasteiger partial charge in [-0.25, -0.2) is 4.79 Å². The molecule has 1 aliphatic heterocycles. The summed E-state index contributed by atoms with van der Waals surface area (Å²) in [5.41, 5.74) is 4.93. The lowest BCUT2D eigenvalue weighted by Crippen LogP contribution is -2.29. The first-order valence-electron chi connectivity index (χ1n) is 8.20. The summed E-state index contributed by atoms with van der Waals surface area (Å²) in [5, 5.41) is 6.31. The van der Waals surface area contributed by atoms with Crippen LogP contribution in [0.4, 0.5) is 10.5 Å². The standard InChI is InChI=1S/C19H23N3O2/c1-19(2,3)24-18(23)22-17-7-6-14(13-5-4-9-20-11-13)16-12-21-10-8-15(16)17/h4-7,9,11,21H,8,10,12H2,1-3H3,(H,22,23). The number of fused-ring (bicyclic) bond motifs is 1. The number of carbonyl (C=O) groups excluding carboxylic acids is 1. The van der Waals surface area contributed by atoms with E-state index >= 15 is 0 Å². The number of hydrogen-bond donors (Lipinski definition) is 2. The summed E-state index contributed by atoms with van der Waals surface area (Å²) in [5.74, 6) is 0. The first-order valence-corrected chi connectivity index (χ1v) is 8.20. The van der Waals surface area contributed by atoms with E-state index in [1.165, 1.54) is 11.1 Å². The molecule has 1 aliphatic rings. The SMILES string of the molecule is CC(C)(C)OC(=O)Nc1ccc(-c2cccnc2)c2c1CCNC2. The van der Waals surface area contributed by atoms with Gasteiger partial charge in [-0.15, -0.1) is 0 Å². The minimum Gasteiger partial charge on any atom is -0.444 e. The van der Waals surface area contributed by atoms with Crippen molar-refractivity contribution in [1.82, 2.24) is 10.3 Å². The number of amides is 1. The lowest BCUT2D eigenvalue weighted by atomic mass is 9.91. The van der Waals surface area contributed by atoms with Crippen LogP contribution in [0.2, 0.25) is 0 Å². The third-order valence-corrected chi connectivity index (χ3v) is 3.89. The molecule has 0 saturated carbocycles. The maximum atomic E-state index is 12.1. The van der Waals surface area contributed by atoms with Gasteiger partial charge in [0.1, 0.15) is 5.60 Å². The number of hydrogen-bond acceptors (Lipinski definition) is 4. The molecular formula is C19H23N3O2. The van der Waals surface area contributed by atoms with E-state index in [4.69, 9.17) is 4.74 Å². The fraction of sp³-hybridized carbons (Fsp3) is 0.368. The van der Waals surface area contributed by atoms with Crippen LogP contribution in [-0.2, 0) is 17.7 Å². The minimum absolute atomic E-state index is 0.419. The first kappa shape index (κ1) is 16.5. The molecule has 24 heavy (non-hydrogen) atoms. The molecule has 1 amide bonds. The van der Waals surface area contributed by atoms with Crippen LogP contribution in [-0.4, -0.2) is 23.2 Å². The van der Waals surface area contributed by atoms with Crippen molar-refractivity contribution in [1.29, 1.82) is 0 Å². The molecule has 2 heterocycles. The van der Waals surface area contributed by atoms with Gasteiger partial charge in [0.2, 0.25) is 0 Å². The Morgan fingerprint density at radius 3 is 2.79 bits per heavy atom. The number of aromatic nitrogens is 1. The van der Waals surface area contributed by atoms with Crippen molar-refractivity contribution in [3.63, 3.8) is 0 Å². The third-order valence-electron chi connectivity index (χ3n) is 3.89. The maximum absolute atomic E-state index is 12.1. The predicted octanol–water partition coefficient (Wildman–Crippen LogP) is 3.74. The van der Waals surface area contributed by atoms with Crippen molar-refractivity contribution in [3.05, 3.63) is 47.8 Å². The van der Waals surface area contributed by atoms with Crippen LogP contribution in [0.25, 0.3) is 11.1 Å². The van der Waals surface area contributed by atoms with E-state index in [0.717, 1.165) is 36.3 Å². The molecule has 0 saturated heterocycles. The summed E-state index contributed by atoms with van der Waals surface area (Å²) in [6, 6.07) is 7.98. The summed E-state index contributed by atoms with van der Waals surface area (Å²) >= 11 is 0. The highest BCUT2D eigenvalue weighted by atomic mass is 16.6. The van der Waals surface area contributed by atoms with Gasteiger partial charge >= 0.3 is 6.09 Å². The van der Waals surface area contributed by atoms with E-state index < -0.39 is 11.7 Å². The molecule has 2 aromatic rings. The Balaban J connectivity index is 1.94. The van der Waals surface area contributed by atoms with Gasteiger partial charge in [0, 0.05) is 30.2 Å². The molecule has 0 radical (unpaired) electrons. The quantitative estimate of drug-likeness (QED) is 0.883. The summed E-state index contributed by atoms with van der Waals surface area (Å²) in [7, 11) is 0. The molecule has 0 spiro atoms. The van der Waals surface area contributed by atoms with Crippen molar-refractivity contribution in [3.8, 4) is 11.1 Å². The van der Waals surface area contributed by atoms with Crippen LogP contribution in [0, 0.1) is 0 Å². The second-order valence-electron chi connectivity index (χ2n) is 6.91. The molecule has 1 aromatic heterocycles. The molecule has 1 aromatic carbocycles. The van der Waals surface area contributed by atoms with E-state index in [-0.39, 0.29) is 0 Å². The number of rotatable bonds is 2. The smallest absolute Gasteiger partial charge is 0.412 e. The van der Waals surface area contributed by atoms with E-state index in [0.29, 0.717) is 0 Å². The Morgan fingerprint density at radius 1 is 1.25 bits per heavy atom. The minimum atomic E-state index is -0.513. The van der Waals surface area contributed by atoms with E-state index in [1.54, 1.807) is 6.20 Å². The summed E-state index contributed by atoms with van der Waals surface area (Å²) in [4.78, 5) is 16.3. The van der Waals surface area contributed by atoms with Crippen LogP contribution in [0.5, 0.6) is 0 Å². The maximum Gasteiger partial charge on any atom is 0.412 e. The monoisotopic (exact) mass is 325 g/mol. The number of ether oxygens (including phenoxy) is 1. The summed E-state index contributed by atoms with van der Waals surface area (Å²) < 4.78 is 5.37. The van der Waals surface area contributed by atoms with Gasteiger partial charge in [-0.3, -0.25) is 10.3 Å². The number of nitrogens with one attached hydrogen (secondary N) is 2. The van der Waals surface area contributed by atoms with Crippen molar-refractivity contribution < 1.29 is 9.53 Å². The largest absolute Gasteiger partial charge is 0.444 e. The summed E-state index contributed by atoms with van der Waals surface area (Å²) in [6.07, 6.45) is 4.09. The highest BCUT2D eigenvalue weighted by Gasteiger charge is 2.21. The average Bonchev–Trinajstić information content (AvgIpc) is 2.54. The molecule has 0 atom stereocenters. The molecule has 0 fully saturated rings. The number of nitrogens with zero attached hydrogens (tertiary/aromatic N) is 1.